The van der Waals surface area contributed by atoms with E-state index in [9.17, 15) is 9.59 Å². The van der Waals surface area contributed by atoms with Gasteiger partial charge in [-0.2, -0.15) is 0 Å². The molecule has 1 N–H and O–H groups in total. The van der Waals surface area contributed by atoms with Crippen LogP contribution in [0.15, 0.2) is 98.6 Å². The topological polar surface area (TPSA) is 72.5 Å². The molecule has 0 aliphatic heterocycles. The number of halogens is 3. The minimum atomic E-state index is -0.492. The number of nitrogens with one attached hydrogen (secondary N) is 1. The Morgan fingerprint density at radius 3 is 2.36 bits per heavy atom. The molecule has 0 saturated carbocycles. The van der Waals surface area contributed by atoms with Gasteiger partial charge in [0, 0.05) is 38.3 Å². The molecule has 0 unspecified atom stereocenters. The smallest absolute Gasteiger partial charge is 0.344 e. The van der Waals surface area contributed by atoms with Crippen LogP contribution in [-0.4, -0.2) is 5.91 Å². The van der Waals surface area contributed by atoms with Crippen LogP contribution in [-0.2, 0) is 4.79 Å². The summed E-state index contributed by atoms with van der Waals surface area (Å²) in [5, 5.41) is 4.82. The molecular weight excluding hydrogens is 521 g/mol. The number of carbonyl (C=O) groups excluding carboxylic acids is 1. The first-order chi connectivity index (χ1) is 17.4. The molecular formula is C28H16Cl3NO4. The van der Waals surface area contributed by atoms with Crippen molar-refractivity contribution in [2.45, 2.75) is 0 Å². The van der Waals surface area contributed by atoms with E-state index in [1.807, 2.05) is 12.1 Å². The minimum absolute atomic E-state index is 0.301. The van der Waals surface area contributed by atoms with Gasteiger partial charge >= 0.3 is 5.63 Å². The third kappa shape index (κ3) is 5.24. The number of rotatable bonds is 5. The van der Waals surface area contributed by atoms with Gasteiger partial charge in [-0.25, -0.2) is 4.79 Å². The number of fused-ring (bicyclic) bond motifs is 1. The van der Waals surface area contributed by atoms with Crippen LogP contribution in [0.2, 0.25) is 15.1 Å². The molecule has 0 radical (unpaired) electrons. The van der Waals surface area contributed by atoms with Crippen molar-refractivity contribution in [1.29, 1.82) is 0 Å². The second-order valence-corrected chi connectivity index (χ2v) is 9.14. The Kier molecular flexibility index (Phi) is 6.70. The molecule has 3 aromatic carbocycles. The van der Waals surface area contributed by atoms with Gasteiger partial charge < -0.3 is 14.2 Å². The van der Waals surface area contributed by atoms with Gasteiger partial charge in [0.25, 0.3) is 0 Å². The first kappa shape index (κ1) is 23.9. The molecule has 0 saturated heterocycles. The van der Waals surface area contributed by atoms with E-state index in [4.69, 9.17) is 43.6 Å². The van der Waals surface area contributed by atoms with Gasteiger partial charge in [-0.3, -0.25) is 4.79 Å². The van der Waals surface area contributed by atoms with E-state index in [1.54, 1.807) is 72.8 Å². The lowest BCUT2D eigenvalue weighted by atomic mass is 10.1. The van der Waals surface area contributed by atoms with Gasteiger partial charge in [-0.15, -0.1) is 0 Å². The summed E-state index contributed by atoms with van der Waals surface area (Å²) in [7, 11) is 0. The van der Waals surface area contributed by atoms with E-state index >= 15 is 0 Å². The fourth-order valence-electron chi connectivity index (χ4n) is 3.70. The first-order valence-electron chi connectivity index (χ1n) is 10.7. The maximum absolute atomic E-state index is 12.5. The number of carbonyl (C=O) groups is 1. The molecule has 1 amide bonds. The zero-order valence-corrected chi connectivity index (χ0v) is 20.7. The monoisotopic (exact) mass is 535 g/mol. The molecule has 178 valence electrons. The highest BCUT2D eigenvalue weighted by atomic mass is 35.5. The van der Waals surface area contributed by atoms with Crippen molar-refractivity contribution in [3.8, 4) is 22.5 Å². The van der Waals surface area contributed by atoms with E-state index in [0.29, 0.717) is 49.0 Å². The molecule has 2 heterocycles. The fraction of sp³-hybridized carbons (Fsp3) is 0. The Morgan fingerprint density at radius 1 is 0.806 bits per heavy atom. The Labute approximate surface area is 220 Å². The summed E-state index contributed by atoms with van der Waals surface area (Å²) in [6, 6.07) is 22.5. The third-order valence-corrected chi connectivity index (χ3v) is 6.09. The molecule has 0 aliphatic rings. The van der Waals surface area contributed by atoms with E-state index in [1.165, 1.54) is 6.08 Å². The molecule has 8 heteroatoms. The molecule has 0 fully saturated rings. The third-order valence-electron chi connectivity index (χ3n) is 5.34. The standard InChI is InChI=1S/C28H16Cl3NO4/c29-18-11-17(12-19(30)14-18)26-9-6-21(35-26)7-10-27(33)32-20-5-8-22(24(31)15-20)23-13-16-3-1-2-4-25(16)36-28(23)34/h1-15H,(H,32,33)/b10-7+. The molecule has 5 aromatic rings. The quantitative estimate of drug-likeness (QED) is 0.181. The summed E-state index contributed by atoms with van der Waals surface area (Å²) in [5.41, 5.74) is 2.05. The summed E-state index contributed by atoms with van der Waals surface area (Å²) in [5.74, 6) is 0.667. The second kappa shape index (κ2) is 10.1. The average Bonchev–Trinajstić information content (AvgIpc) is 3.31. The van der Waals surface area contributed by atoms with Crippen LogP contribution in [0.3, 0.4) is 0 Å². The highest BCUT2D eigenvalue weighted by Crippen LogP contribution is 2.31. The number of anilines is 1. The average molecular weight is 537 g/mol. The maximum Gasteiger partial charge on any atom is 0.344 e. The Bertz CT molecular complexity index is 1680. The highest BCUT2D eigenvalue weighted by Gasteiger charge is 2.12. The lowest BCUT2D eigenvalue weighted by Gasteiger charge is -2.08. The van der Waals surface area contributed by atoms with Gasteiger partial charge in [0.1, 0.15) is 17.1 Å². The molecule has 36 heavy (non-hydrogen) atoms. The van der Waals surface area contributed by atoms with Gasteiger partial charge in [0.15, 0.2) is 0 Å². The van der Waals surface area contributed by atoms with Crippen LogP contribution >= 0.6 is 34.8 Å². The summed E-state index contributed by atoms with van der Waals surface area (Å²) >= 11 is 18.5. The van der Waals surface area contributed by atoms with Gasteiger partial charge in [-0.05, 0) is 60.7 Å². The number of amides is 1. The summed E-state index contributed by atoms with van der Waals surface area (Å²) < 4.78 is 11.2. The predicted octanol–water partition coefficient (Wildman–Crippen LogP) is 8.33. The number of para-hydroxylation sites is 1. The number of benzene rings is 3. The Balaban J connectivity index is 1.30. The second-order valence-electron chi connectivity index (χ2n) is 7.86. The van der Waals surface area contributed by atoms with Crippen molar-refractivity contribution in [3.05, 3.63) is 116 Å². The van der Waals surface area contributed by atoms with Gasteiger partial charge in [0.05, 0.1) is 10.6 Å². The number of hydrogen-bond donors (Lipinski definition) is 1. The van der Waals surface area contributed by atoms with Crippen molar-refractivity contribution >= 4 is 63.4 Å². The maximum atomic E-state index is 12.5. The molecule has 2 aromatic heterocycles. The predicted molar refractivity (Wildman–Crippen MR) is 145 cm³/mol. The first-order valence-corrected chi connectivity index (χ1v) is 11.9. The zero-order valence-electron chi connectivity index (χ0n) is 18.4. The van der Waals surface area contributed by atoms with Crippen LogP contribution < -0.4 is 10.9 Å². The van der Waals surface area contributed by atoms with Crippen molar-refractivity contribution in [2.24, 2.45) is 0 Å². The summed E-state index contributed by atoms with van der Waals surface area (Å²) in [6.07, 6.45) is 2.88. The largest absolute Gasteiger partial charge is 0.457 e. The van der Waals surface area contributed by atoms with Crippen molar-refractivity contribution < 1.29 is 13.6 Å². The van der Waals surface area contributed by atoms with E-state index in [-0.39, 0.29) is 5.91 Å². The van der Waals surface area contributed by atoms with E-state index < -0.39 is 5.63 Å². The number of hydrogen-bond acceptors (Lipinski definition) is 4. The molecule has 0 aliphatic carbocycles. The van der Waals surface area contributed by atoms with Gasteiger partial charge in [-0.1, -0.05) is 59.1 Å². The van der Waals surface area contributed by atoms with Crippen LogP contribution in [0.4, 0.5) is 5.69 Å². The lowest BCUT2D eigenvalue weighted by Crippen LogP contribution is -2.08. The fourth-order valence-corrected chi connectivity index (χ4v) is 4.50. The van der Waals surface area contributed by atoms with E-state index in [2.05, 4.69) is 5.32 Å². The van der Waals surface area contributed by atoms with Crippen molar-refractivity contribution in [2.75, 3.05) is 5.32 Å². The molecule has 0 atom stereocenters. The lowest BCUT2D eigenvalue weighted by molar-refractivity contribution is -0.111. The van der Waals surface area contributed by atoms with Crippen molar-refractivity contribution in [1.82, 2.24) is 0 Å². The van der Waals surface area contributed by atoms with Gasteiger partial charge in [0.2, 0.25) is 5.91 Å². The van der Waals surface area contributed by atoms with Crippen LogP contribution in [0, 0.1) is 0 Å². The highest BCUT2D eigenvalue weighted by molar-refractivity contribution is 6.35. The molecule has 0 bridgehead atoms. The SMILES string of the molecule is O=C(/C=C/c1ccc(-c2cc(Cl)cc(Cl)c2)o1)Nc1ccc(-c2cc3ccccc3oc2=O)c(Cl)c1. The molecule has 5 nitrogen and oxygen atoms in total. The Hall–Kier alpha value is -3.77. The van der Waals surface area contributed by atoms with Crippen LogP contribution in [0.5, 0.6) is 0 Å². The normalized spacial score (nSPS) is 11.3. The molecule has 5 rings (SSSR count). The zero-order chi connectivity index (χ0) is 25.2. The van der Waals surface area contributed by atoms with E-state index in [0.717, 1.165) is 10.9 Å². The summed E-state index contributed by atoms with van der Waals surface area (Å²) in [4.78, 5) is 24.9. The van der Waals surface area contributed by atoms with Crippen molar-refractivity contribution in [3.63, 3.8) is 0 Å². The van der Waals surface area contributed by atoms with Crippen LogP contribution in [0.1, 0.15) is 5.76 Å². The number of furan rings is 1. The summed E-state index contributed by atoms with van der Waals surface area (Å²) in [6.45, 7) is 0. The Morgan fingerprint density at radius 2 is 1.58 bits per heavy atom. The molecule has 0 spiro atoms. The minimum Gasteiger partial charge on any atom is -0.457 e. The van der Waals surface area contributed by atoms with Crippen LogP contribution in [0.25, 0.3) is 39.5 Å².